The molecule has 1 saturated heterocycles. The summed E-state index contributed by atoms with van der Waals surface area (Å²) >= 11 is 0. The first-order valence-electron chi connectivity index (χ1n) is 13.5. The fraction of sp³-hybridized carbons (Fsp3) is 0.310. The van der Waals surface area contributed by atoms with E-state index in [1.54, 1.807) is 36.1 Å². The highest BCUT2D eigenvalue weighted by Gasteiger charge is 2.33. The number of imidazole rings is 1. The fourth-order valence-corrected chi connectivity index (χ4v) is 4.67. The smallest absolute Gasteiger partial charge is 0.416 e. The standard InChI is InChI=1S/C29H29F3N6O5/c1-3-42-28(40)38-13-11-22(25(16-38)41-2)35-26(39)24-15-20(10-12-33-24)43-19-8-9-21-23(14-19)37-27(36-21)34-18-6-4-17(5-7-18)29(30,31)32/h4-10,12,14-15,22,25H,3,11,13,16H2,1-2H3,(H,35,39)(H2,34,36,37)/t22?,25-/m1/s1. The molecule has 0 saturated carbocycles. The van der Waals surface area contributed by atoms with Gasteiger partial charge in [0.25, 0.3) is 5.91 Å². The van der Waals surface area contributed by atoms with E-state index in [4.69, 9.17) is 14.2 Å². The molecule has 11 nitrogen and oxygen atoms in total. The number of benzene rings is 2. The number of ether oxygens (including phenoxy) is 3. The molecule has 1 aliphatic rings. The van der Waals surface area contributed by atoms with E-state index < -0.39 is 29.8 Å². The summed E-state index contributed by atoms with van der Waals surface area (Å²) < 4.78 is 55.0. The average Bonchev–Trinajstić information content (AvgIpc) is 3.39. The molecule has 2 atom stereocenters. The number of aromatic nitrogens is 3. The Bertz CT molecular complexity index is 1590. The molecule has 3 heterocycles. The zero-order valence-electron chi connectivity index (χ0n) is 23.3. The molecule has 0 bridgehead atoms. The van der Waals surface area contributed by atoms with E-state index in [0.29, 0.717) is 47.1 Å². The van der Waals surface area contributed by atoms with Crippen LogP contribution in [0.15, 0.2) is 60.8 Å². The number of carbonyl (C=O) groups excluding carboxylic acids is 2. The number of hydrogen-bond acceptors (Lipinski definition) is 8. The van der Waals surface area contributed by atoms with E-state index in [9.17, 15) is 22.8 Å². The van der Waals surface area contributed by atoms with Crippen LogP contribution < -0.4 is 15.4 Å². The van der Waals surface area contributed by atoms with Crippen LogP contribution in [-0.2, 0) is 15.7 Å². The van der Waals surface area contributed by atoms with Crippen LogP contribution in [0.1, 0.15) is 29.4 Å². The first-order valence-corrected chi connectivity index (χ1v) is 13.5. The number of fused-ring (bicyclic) bond motifs is 1. The van der Waals surface area contributed by atoms with Gasteiger partial charge in [0, 0.05) is 37.7 Å². The van der Waals surface area contributed by atoms with Crippen LogP contribution in [0.2, 0.25) is 0 Å². The zero-order valence-corrected chi connectivity index (χ0v) is 23.3. The molecule has 14 heteroatoms. The third-order valence-corrected chi connectivity index (χ3v) is 6.83. The van der Waals surface area contributed by atoms with Gasteiger partial charge in [0.1, 0.15) is 17.2 Å². The van der Waals surface area contributed by atoms with Gasteiger partial charge in [0.05, 0.1) is 41.9 Å². The summed E-state index contributed by atoms with van der Waals surface area (Å²) in [4.78, 5) is 38.3. The molecule has 0 aliphatic carbocycles. The fourth-order valence-electron chi connectivity index (χ4n) is 4.67. The SMILES string of the molecule is CCOC(=O)N1CCC(NC(=O)c2cc(Oc3ccc4[nH]c(Nc5ccc(C(F)(F)F)cc5)nc4c3)ccn2)[C@H](OC)C1. The second-order valence-corrected chi connectivity index (χ2v) is 9.73. The van der Waals surface area contributed by atoms with Crippen LogP contribution in [0, 0.1) is 0 Å². The Morgan fingerprint density at radius 2 is 1.86 bits per heavy atom. The van der Waals surface area contributed by atoms with Crippen molar-refractivity contribution in [2.45, 2.75) is 31.7 Å². The number of nitrogens with one attached hydrogen (secondary N) is 3. The molecule has 43 heavy (non-hydrogen) atoms. The van der Waals surface area contributed by atoms with Gasteiger partial charge in [-0.25, -0.2) is 9.78 Å². The van der Waals surface area contributed by atoms with Gasteiger partial charge < -0.3 is 34.7 Å². The minimum Gasteiger partial charge on any atom is -0.457 e. The summed E-state index contributed by atoms with van der Waals surface area (Å²) in [6.45, 7) is 2.71. The molecule has 1 fully saturated rings. The van der Waals surface area contributed by atoms with Crippen LogP contribution in [0.25, 0.3) is 11.0 Å². The van der Waals surface area contributed by atoms with Crippen molar-refractivity contribution in [2.24, 2.45) is 0 Å². The largest absolute Gasteiger partial charge is 0.457 e. The number of anilines is 2. The lowest BCUT2D eigenvalue weighted by Gasteiger charge is -2.37. The Balaban J connectivity index is 1.22. The summed E-state index contributed by atoms with van der Waals surface area (Å²) in [6, 6.07) is 12.6. The Hall–Kier alpha value is -4.85. The van der Waals surface area contributed by atoms with Gasteiger partial charge in [0.2, 0.25) is 5.95 Å². The number of halogens is 3. The van der Waals surface area contributed by atoms with Crippen molar-refractivity contribution in [2.75, 3.05) is 32.1 Å². The summed E-state index contributed by atoms with van der Waals surface area (Å²) in [7, 11) is 1.52. The van der Waals surface area contributed by atoms with Crippen LogP contribution >= 0.6 is 0 Å². The average molecular weight is 599 g/mol. The molecule has 4 aromatic rings. The summed E-state index contributed by atoms with van der Waals surface area (Å²) in [5.41, 5.74) is 1.07. The lowest BCUT2D eigenvalue weighted by molar-refractivity contribution is -0.137. The Morgan fingerprint density at radius 3 is 2.58 bits per heavy atom. The first-order chi connectivity index (χ1) is 20.6. The van der Waals surface area contributed by atoms with Crippen LogP contribution in [0.3, 0.4) is 0 Å². The molecule has 0 radical (unpaired) electrons. The molecular formula is C29H29F3N6O5. The minimum atomic E-state index is -4.41. The van der Waals surface area contributed by atoms with Crippen LogP contribution in [-0.4, -0.2) is 70.8 Å². The lowest BCUT2D eigenvalue weighted by Crippen LogP contribution is -2.56. The van der Waals surface area contributed by atoms with E-state index in [-0.39, 0.29) is 24.9 Å². The van der Waals surface area contributed by atoms with Crippen molar-refractivity contribution in [1.29, 1.82) is 0 Å². The maximum Gasteiger partial charge on any atom is 0.416 e. The van der Waals surface area contributed by atoms with Crippen LogP contribution in [0.5, 0.6) is 11.5 Å². The van der Waals surface area contributed by atoms with Crippen molar-refractivity contribution in [3.8, 4) is 11.5 Å². The second kappa shape index (κ2) is 12.6. The van der Waals surface area contributed by atoms with E-state index >= 15 is 0 Å². The van der Waals surface area contributed by atoms with Gasteiger partial charge in [-0.2, -0.15) is 13.2 Å². The molecule has 5 rings (SSSR count). The maximum atomic E-state index is 13.0. The van der Waals surface area contributed by atoms with E-state index in [1.807, 2.05) is 0 Å². The maximum absolute atomic E-state index is 13.0. The number of nitrogens with zero attached hydrogens (tertiary/aromatic N) is 3. The number of alkyl halides is 3. The highest BCUT2D eigenvalue weighted by Crippen LogP contribution is 2.31. The predicted molar refractivity (Wildman–Crippen MR) is 150 cm³/mol. The number of aromatic amines is 1. The molecule has 0 spiro atoms. The van der Waals surface area contributed by atoms with Gasteiger partial charge >= 0.3 is 12.3 Å². The zero-order chi connectivity index (χ0) is 30.6. The van der Waals surface area contributed by atoms with Crippen molar-refractivity contribution in [3.05, 3.63) is 72.1 Å². The normalized spacial score (nSPS) is 17.0. The number of hydrogen-bond donors (Lipinski definition) is 3. The van der Waals surface area contributed by atoms with Gasteiger partial charge in [0.15, 0.2) is 0 Å². The second-order valence-electron chi connectivity index (χ2n) is 9.73. The quantitative estimate of drug-likeness (QED) is 0.243. The van der Waals surface area contributed by atoms with E-state index in [1.165, 1.54) is 31.5 Å². The van der Waals surface area contributed by atoms with Gasteiger partial charge in [-0.1, -0.05) is 0 Å². The predicted octanol–water partition coefficient (Wildman–Crippen LogP) is 5.49. The minimum absolute atomic E-state index is 0.143. The molecule has 1 unspecified atom stereocenters. The number of methoxy groups -OCH3 is 1. The number of rotatable bonds is 8. The number of carbonyl (C=O) groups is 2. The van der Waals surface area contributed by atoms with Crippen molar-refractivity contribution in [3.63, 3.8) is 0 Å². The Labute approximate surface area is 244 Å². The Morgan fingerprint density at radius 1 is 1.09 bits per heavy atom. The number of piperidine rings is 1. The molecular weight excluding hydrogens is 569 g/mol. The van der Waals surface area contributed by atoms with E-state index in [0.717, 1.165) is 12.1 Å². The molecule has 1 aliphatic heterocycles. The highest BCUT2D eigenvalue weighted by atomic mass is 19.4. The number of likely N-dealkylation sites (tertiary alicyclic amines) is 1. The van der Waals surface area contributed by atoms with Crippen molar-refractivity contribution >= 4 is 34.7 Å². The molecule has 2 aromatic heterocycles. The van der Waals surface area contributed by atoms with Gasteiger partial charge in [-0.15, -0.1) is 0 Å². The van der Waals surface area contributed by atoms with Gasteiger partial charge in [-0.3, -0.25) is 9.78 Å². The lowest BCUT2D eigenvalue weighted by atomic mass is 10.0. The summed E-state index contributed by atoms with van der Waals surface area (Å²) in [5.74, 6) is 0.753. The molecule has 2 amide bonds. The molecule has 2 aromatic carbocycles. The van der Waals surface area contributed by atoms with Crippen molar-refractivity contribution < 1.29 is 37.0 Å². The number of amides is 2. The third-order valence-electron chi connectivity index (χ3n) is 6.83. The molecule has 226 valence electrons. The molecule has 3 N–H and O–H groups in total. The third kappa shape index (κ3) is 7.15. The number of pyridine rings is 1. The monoisotopic (exact) mass is 598 g/mol. The van der Waals surface area contributed by atoms with Crippen LogP contribution in [0.4, 0.5) is 29.6 Å². The van der Waals surface area contributed by atoms with Gasteiger partial charge in [-0.05, 0) is 55.8 Å². The van der Waals surface area contributed by atoms with Crippen molar-refractivity contribution in [1.82, 2.24) is 25.2 Å². The van der Waals surface area contributed by atoms with E-state index in [2.05, 4.69) is 25.6 Å². The first kappa shape index (κ1) is 29.6. The Kier molecular flexibility index (Phi) is 8.66. The topological polar surface area (TPSA) is 131 Å². The summed E-state index contributed by atoms with van der Waals surface area (Å²) in [6.07, 6.45) is -3.30. The highest BCUT2D eigenvalue weighted by molar-refractivity contribution is 5.93. The summed E-state index contributed by atoms with van der Waals surface area (Å²) in [5, 5.41) is 5.89. The number of H-pyrrole nitrogens is 1.